The molecule has 0 atom stereocenters. The van der Waals surface area contributed by atoms with Gasteiger partial charge in [-0.3, -0.25) is 9.36 Å². The number of benzene rings is 2. The first-order chi connectivity index (χ1) is 10.1. The number of nitrogens with zero attached hydrogens (tertiary/aromatic N) is 2. The number of hydrogen-bond acceptors (Lipinski definition) is 2. The van der Waals surface area contributed by atoms with E-state index in [1.54, 1.807) is 24.3 Å². The molecule has 0 N–H and O–H groups in total. The molecule has 0 aliphatic carbocycles. The van der Waals surface area contributed by atoms with Crippen molar-refractivity contribution < 1.29 is 0 Å². The molecule has 0 unspecified atom stereocenters. The second-order valence-corrected chi connectivity index (χ2v) is 5.82. The average Bonchev–Trinajstić information content (AvgIpc) is 2.48. The normalized spacial score (nSPS) is 11.0. The molecular weight excluding hydrogens is 375 g/mol. The third-order valence-electron chi connectivity index (χ3n) is 3.12. The van der Waals surface area contributed by atoms with Crippen LogP contribution < -0.4 is 5.56 Å². The third-order valence-corrected chi connectivity index (χ3v) is 4.15. The molecule has 0 aliphatic heterocycles. The quantitative estimate of drug-likeness (QED) is 0.606. The highest BCUT2D eigenvalue weighted by Crippen LogP contribution is 2.25. The van der Waals surface area contributed by atoms with Crippen molar-refractivity contribution in [3.63, 3.8) is 0 Å². The van der Waals surface area contributed by atoms with Crippen molar-refractivity contribution in [2.75, 3.05) is 0 Å². The summed E-state index contributed by atoms with van der Waals surface area (Å²) in [4.78, 5) is 17.3. The first kappa shape index (κ1) is 14.6. The maximum absolute atomic E-state index is 12.8. The number of alkyl halides is 1. The van der Waals surface area contributed by atoms with Crippen molar-refractivity contribution >= 4 is 50.0 Å². The van der Waals surface area contributed by atoms with Gasteiger partial charge in [-0.2, -0.15) is 0 Å². The standard InChI is InChI=1S/C15H9BrCl2N2O/c16-8-14-19-12-4-2-1-3-10(12)15(21)20(14)13-6-5-9(17)7-11(13)18/h1-7H,8H2. The lowest BCUT2D eigenvalue weighted by Crippen LogP contribution is -2.23. The molecule has 106 valence electrons. The van der Waals surface area contributed by atoms with Crippen molar-refractivity contribution in [3.8, 4) is 5.69 Å². The van der Waals surface area contributed by atoms with E-state index in [1.807, 2.05) is 18.2 Å². The largest absolute Gasteiger partial charge is 0.268 e. The Balaban J connectivity index is 2.41. The molecule has 0 saturated carbocycles. The van der Waals surface area contributed by atoms with Gasteiger partial charge in [0.15, 0.2) is 0 Å². The Morgan fingerprint density at radius 3 is 2.62 bits per heavy atom. The summed E-state index contributed by atoms with van der Waals surface area (Å²) in [5, 5.41) is 1.91. The molecule has 0 radical (unpaired) electrons. The zero-order chi connectivity index (χ0) is 15.0. The summed E-state index contributed by atoms with van der Waals surface area (Å²) in [6.07, 6.45) is 0. The van der Waals surface area contributed by atoms with Crippen molar-refractivity contribution in [1.82, 2.24) is 9.55 Å². The van der Waals surface area contributed by atoms with Crippen LogP contribution in [0.5, 0.6) is 0 Å². The molecule has 3 aromatic rings. The summed E-state index contributed by atoms with van der Waals surface area (Å²) in [6.45, 7) is 0. The Hall–Kier alpha value is -1.36. The molecule has 0 fully saturated rings. The van der Waals surface area contributed by atoms with Crippen LogP contribution in [0.3, 0.4) is 0 Å². The fourth-order valence-corrected chi connectivity index (χ4v) is 3.05. The second-order valence-electron chi connectivity index (χ2n) is 4.42. The summed E-state index contributed by atoms with van der Waals surface area (Å²) in [5.74, 6) is 0.586. The highest BCUT2D eigenvalue weighted by atomic mass is 79.9. The Kier molecular flexibility index (Phi) is 4.02. The van der Waals surface area contributed by atoms with Crippen LogP contribution in [0.15, 0.2) is 47.3 Å². The molecule has 3 nitrogen and oxygen atoms in total. The summed E-state index contributed by atoms with van der Waals surface area (Å²) in [6, 6.07) is 12.3. The van der Waals surface area contributed by atoms with Crippen LogP contribution >= 0.6 is 39.1 Å². The zero-order valence-corrected chi connectivity index (χ0v) is 13.8. The smallest absolute Gasteiger partial charge is 0.266 e. The number of fused-ring (bicyclic) bond motifs is 1. The minimum absolute atomic E-state index is 0.153. The number of halogens is 3. The van der Waals surface area contributed by atoms with Gasteiger partial charge >= 0.3 is 0 Å². The molecule has 2 aromatic carbocycles. The van der Waals surface area contributed by atoms with Crippen LogP contribution in [0.4, 0.5) is 0 Å². The summed E-state index contributed by atoms with van der Waals surface area (Å²) in [5.41, 5.74) is 1.08. The SMILES string of the molecule is O=c1c2ccccc2nc(CBr)n1-c1ccc(Cl)cc1Cl. The number of hydrogen-bond donors (Lipinski definition) is 0. The molecule has 1 heterocycles. The van der Waals surface area contributed by atoms with Gasteiger partial charge in [-0.1, -0.05) is 51.3 Å². The highest BCUT2D eigenvalue weighted by Gasteiger charge is 2.14. The van der Waals surface area contributed by atoms with Gasteiger partial charge in [0, 0.05) is 5.02 Å². The lowest BCUT2D eigenvalue weighted by molar-refractivity contribution is 0.888. The first-order valence-corrected chi connectivity index (χ1v) is 8.01. The molecule has 21 heavy (non-hydrogen) atoms. The van der Waals surface area contributed by atoms with Gasteiger partial charge in [0.25, 0.3) is 5.56 Å². The van der Waals surface area contributed by atoms with Crippen LogP contribution in [-0.2, 0) is 5.33 Å². The van der Waals surface area contributed by atoms with Crippen LogP contribution in [0.2, 0.25) is 10.0 Å². The Labute approximate surface area is 139 Å². The topological polar surface area (TPSA) is 34.9 Å². The summed E-state index contributed by atoms with van der Waals surface area (Å²) < 4.78 is 1.51. The van der Waals surface area contributed by atoms with E-state index in [2.05, 4.69) is 20.9 Å². The van der Waals surface area contributed by atoms with E-state index in [-0.39, 0.29) is 5.56 Å². The van der Waals surface area contributed by atoms with Gasteiger partial charge in [-0.15, -0.1) is 0 Å². The lowest BCUT2D eigenvalue weighted by atomic mass is 10.2. The van der Waals surface area contributed by atoms with Crippen molar-refractivity contribution in [2.45, 2.75) is 5.33 Å². The van der Waals surface area contributed by atoms with Crippen LogP contribution in [-0.4, -0.2) is 9.55 Å². The van der Waals surface area contributed by atoms with E-state index in [9.17, 15) is 4.79 Å². The van der Waals surface area contributed by atoms with Gasteiger partial charge in [-0.05, 0) is 30.3 Å². The van der Waals surface area contributed by atoms with Crippen LogP contribution in [0, 0.1) is 0 Å². The maximum atomic E-state index is 12.8. The minimum Gasteiger partial charge on any atom is -0.268 e. The molecule has 6 heteroatoms. The van der Waals surface area contributed by atoms with Gasteiger partial charge in [-0.25, -0.2) is 4.98 Å². The Bertz CT molecular complexity index is 892. The van der Waals surface area contributed by atoms with Crippen molar-refractivity contribution in [1.29, 1.82) is 0 Å². The predicted octanol–water partition coefficient (Wildman–Crippen LogP) is 4.59. The number of para-hydroxylation sites is 1. The van der Waals surface area contributed by atoms with Crippen LogP contribution in [0.1, 0.15) is 5.82 Å². The second kappa shape index (κ2) is 5.79. The zero-order valence-electron chi connectivity index (χ0n) is 10.7. The van der Waals surface area contributed by atoms with E-state index in [4.69, 9.17) is 23.2 Å². The van der Waals surface area contributed by atoms with E-state index >= 15 is 0 Å². The fraction of sp³-hybridized carbons (Fsp3) is 0.0667. The Morgan fingerprint density at radius 2 is 1.90 bits per heavy atom. The van der Waals surface area contributed by atoms with Crippen LogP contribution in [0.25, 0.3) is 16.6 Å². The molecule has 1 aromatic heterocycles. The number of rotatable bonds is 2. The first-order valence-electron chi connectivity index (χ1n) is 6.14. The van der Waals surface area contributed by atoms with Gasteiger partial charge in [0.05, 0.1) is 26.9 Å². The maximum Gasteiger partial charge on any atom is 0.266 e. The van der Waals surface area contributed by atoms with Crippen molar-refractivity contribution in [3.05, 3.63) is 68.7 Å². The molecule has 3 rings (SSSR count). The molecule has 0 aliphatic rings. The molecule has 0 saturated heterocycles. The summed E-state index contributed by atoms with van der Waals surface area (Å²) in [7, 11) is 0. The van der Waals surface area contributed by atoms with Gasteiger partial charge < -0.3 is 0 Å². The average molecular weight is 384 g/mol. The molecular formula is C15H9BrCl2N2O. The number of aromatic nitrogens is 2. The molecule has 0 amide bonds. The molecule has 0 bridgehead atoms. The highest BCUT2D eigenvalue weighted by molar-refractivity contribution is 9.08. The summed E-state index contributed by atoms with van der Waals surface area (Å²) >= 11 is 15.5. The third kappa shape index (κ3) is 2.59. The van der Waals surface area contributed by atoms with Gasteiger partial charge in [0.2, 0.25) is 0 Å². The van der Waals surface area contributed by atoms with E-state index < -0.39 is 0 Å². The van der Waals surface area contributed by atoms with E-state index in [1.165, 1.54) is 4.57 Å². The molecule has 0 spiro atoms. The van der Waals surface area contributed by atoms with Gasteiger partial charge in [0.1, 0.15) is 5.82 Å². The minimum atomic E-state index is -0.153. The Morgan fingerprint density at radius 1 is 1.14 bits per heavy atom. The predicted molar refractivity (Wildman–Crippen MR) is 90.0 cm³/mol. The van der Waals surface area contributed by atoms with E-state index in [0.717, 1.165) is 0 Å². The van der Waals surface area contributed by atoms with Crippen molar-refractivity contribution in [2.24, 2.45) is 0 Å². The lowest BCUT2D eigenvalue weighted by Gasteiger charge is -2.13. The monoisotopic (exact) mass is 382 g/mol. The fourth-order valence-electron chi connectivity index (χ4n) is 2.18. The van der Waals surface area contributed by atoms with E-state index in [0.29, 0.717) is 37.8 Å².